The summed E-state index contributed by atoms with van der Waals surface area (Å²) in [5, 5.41) is 5.71. The smallest absolute Gasteiger partial charge is 0.240 e. The van der Waals surface area contributed by atoms with Gasteiger partial charge in [-0.05, 0) is 12.8 Å². The molecule has 3 N–H and O–H groups in total. The molecule has 0 bridgehead atoms. The van der Waals surface area contributed by atoms with Gasteiger partial charge in [0.2, 0.25) is 5.91 Å². The molecule has 1 aliphatic carbocycles. The molecule has 4 nitrogen and oxygen atoms in total. The molecule has 1 aromatic rings. The second-order valence-electron chi connectivity index (χ2n) is 4.33. The van der Waals surface area contributed by atoms with E-state index in [0.29, 0.717) is 6.54 Å². The maximum atomic E-state index is 12.0. The lowest BCUT2D eigenvalue weighted by molar-refractivity contribution is -0.127. The van der Waals surface area contributed by atoms with Crippen LogP contribution in [0.15, 0.2) is 11.6 Å². The molecule has 0 atom stereocenters. The molecule has 0 saturated heterocycles. The monoisotopic (exact) mass is 239 g/mol. The maximum Gasteiger partial charge on any atom is 0.240 e. The van der Waals surface area contributed by atoms with Gasteiger partial charge >= 0.3 is 0 Å². The van der Waals surface area contributed by atoms with E-state index in [4.69, 9.17) is 5.73 Å². The average molecular weight is 239 g/mol. The predicted octanol–water partition coefficient (Wildman–Crippen LogP) is 1.42. The molecule has 16 heavy (non-hydrogen) atoms. The van der Waals surface area contributed by atoms with Crippen molar-refractivity contribution in [1.29, 1.82) is 0 Å². The minimum absolute atomic E-state index is 0.0256. The van der Waals surface area contributed by atoms with Crippen LogP contribution in [0.25, 0.3) is 0 Å². The van der Waals surface area contributed by atoms with Gasteiger partial charge in [0.1, 0.15) is 5.01 Å². The molecule has 1 saturated carbocycles. The summed E-state index contributed by atoms with van der Waals surface area (Å²) in [7, 11) is 0. The summed E-state index contributed by atoms with van der Waals surface area (Å²) >= 11 is 1.54. The third-order valence-corrected chi connectivity index (χ3v) is 3.86. The van der Waals surface area contributed by atoms with Crippen LogP contribution >= 0.6 is 11.3 Å². The fourth-order valence-corrected chi connectivity index (χ4v) is 2.64. The van der Waals surface area contributed by atoms with Gasteiger partial charge in [-0.25, -0.2) is 4.98 Å². The Hall–Kier alpha value is -0.940. The lowest BCUT2D eigenvalue weighted by atomic mass is 9.82. The molecule has 0 unspecified atom stereocenters. The third kappa shape index (κ3) is 2.59. The van der Waals surface area contributed by atoms with Crippen molar-refractivity contribution in [3.63, 3.8) is 0 Å². The zero-order chi connectivity index (χ0) is 11.4. The molecular weight excluding hydrogens is 222 g/mol. The van der Waals surface area contributed by atoms with E-state index in [1.165, 1.54) is 6.42 Å². The number of nitrogens with two attached hydrogens (primary N) is 1. The van der Waals surface area contributed by atoms with Crippen LogP contribution in [0.1, 0.15) is 37.1 Å². The fraction of sp³-hybridized carbons (Fsp3) is 0.636. The first kappa shape index (κ1) is 11.5. The van der Waals surface area contributed by atoms with Gasteiger partial charge in [-0.1, -0.05) is 19.3 Å². The van der Waals surface area contributed by atoms with E-state index in [0.717, 1.165) is 30.7 Å². The summed E-state index contributed by atoms with van der Waals surface area (Å²) in [6, 6.07) is 0. The van der Waals surface area contributed by atoms with Gasteiger partial charge in [0.05, 0.1) is 12.1 Å². The van der Waals surface area contributed by atoms with Crippen LogP contribution in [-0.4, -0.2) is 16.4 Å². The van der Waals surface area contributed by atoms with Gasteiger partial charge in [0.15, 0.2) is 0 Å². The van der Waals surface area contributed by atoms with Gasteiger partial charge in [0.25, 0.3) is 0 Å². The molecule has 2 rings (SSSR count). The highest BCUT2D eigenvalue weighted by Gasteiger charge is 2.34. The Bertz CT molecular complexity index is 344. The van der Waals surface area contributed by atoms with Crippen LogP contribution in [0, 0.1) is 0 Å². The summed E-state index contributed by atoms with van der Waals surface area (Å²) in [6.45, 7) is 0.495. The summed E-state index contributed by atoms with van der Waals surface area (Å²) in [6.07, 6.45) is 6.65. The molecule has 88 valence electrons. The lowest BCUT2D eigenvalue weighted by Gasteiger charge is -2.31. The number of aromatic nitrogens is 1. The number of rotatable bonds is 3. The molecule has 1 fully saturated rings. The number of amides is 1. The number of carbonyl (C=O) groups is 1. The van der Waals surface area contributed by atoms with Gasteiger partial charge in [0, 0.05) is 11.6 Å². The highest BCUT2D eigenvalue weighted by atomic mass is 32.1. The van der Waals surface area contributed by atoms with E-state index in [-0.39, 0.29) is 5.91 Å². The van der Waals surface area contributed by atoms with Crippen LogP contribution in [-0.2, 0) is 11.3 Å². The van der Waals surface area contributed by atoms with E-state index in [2.05, 4.69) is 10.3 Å². The first-order chi connectivity index (χ1) is 7.71. The highest BCUT2D eigenvalue weighted by molar-refractivity contribution is 7.09. The third-order valence-electron chi connectivity index (χ3n) is 3.08. The predicted molar refractivity (Wildman–Crippen MR) is 64.0 cm³/mol. The van der Waals surface area contributed by atoms with E-state index < -0.39 is 5.54 Å². The number of nitrogens with zero attached hydrogens (tertiary/aromatic N) is 1. The van der Waals surface area contributed by atoms with Crippen LogP contribution in [0.3, 0.4) is 0 Å². The quantitative estimate of drug-likeness (QED) is 0.838. The zero-order valence-electron chi connectivity index (χ0n) is 9.24. The van der Waals surface area contributed by atoms with Crippen molar-refractivity contribution in [3.8, 4) is 0 Å². The summed E-state index contributed by atoms with van der Waals surface area (Å²) in [5.41, 5.74) is 5.47. The highest BCUT2D eigenvalue weighted by Crippen LogP contribution is 2.26. The van der Waals surface area contributed by atoms with Crippen LogP contribution in [0.2, 0.25) is 0 Å². The Kier molecular flexibility index (Phi) is 3.56. The number of nitrogens with one attached hydrogen (secondary N) is 1. The first-order valence-corrected chi connectivity index (χ1v) is 6.54. The van der Waals surface area contributed by atoms with Crippen molar-refractivity contribution in [2.45, 2.75) is 44.2 Å². The normalized spacial score (nSPS) is 19.3. The van der Waals surface area contributed by atoms with Crippen molar-refractivity contribution < 1.29 is 4.79 Å². The summed E-state index contributed by atoms with van der Waals surface area (Å²) in [4.78, 5) is 16.1. The van der Waals surface area contributed by atoms with Gasteiger partial charge in [-0.3, -0.25) is 4.79 Å². The standard InChI is InChI=1S/C11H17N3OS/c12-11(4-2-1-3-5-11)10(15)14-8-9-13-6-7-16-9/h6-7H,1-5,8,12H2,(H,14,15). The van der Waals surface area contributed by atoms with Crippen LogP contribution < -0.4 is 11.1 Å². The van der Waals surface area contributed by atoms with Crippen LogP contribution in [0.4, 0.5) is 0 Å². The Morgan fingerprint density at radius 1 is 1.50 bits per heavy atom. The van der Waals surface area contributed by atoms with Crippen LogP contribution in [0.5, 0.6) is 0 Å². The molecule has 0 aromatic carbocycles. The lowest BCUT2D eigenvalue weighted by Crippen LogP contribution is -2.54. The van der Waals surface area contributed by atoms with Crippen molar-refractivity contribution in [1.82, 2.24) is 10.3 Å². The van der Waals surface area contributed by atoms with Crippen molar-refractivity contribution in [3.05, 3.63) is 16.6 Å². The van der Waals surface area contributed by atoms with Crippen molar-refractivity contribution in [2.75, 3.05) is 0 Å². The Morgan fingerprint density at radius 3 is 2.88 bits per heavy atom. The van der Waals surface area contributed by atoms with E-state index >= 15 is 0 Å². The van der Waals surface area contributed by atoms with Gasteiger partial charge < -0.3 is 11.1 Å². The Morgan fingerprint density at radius 2 is 2.25 bits per heavy atom. The molecule has 5 heteroatoms. The van der Waals surface area contributed by atoms with E-state index in [1.807, 2.05) is 5.38 Å². The topological polar surface area (TPSA) is 68.0 Å². The van der Waals surface area contributed by atoms with Gasteiger partial charge in [-0.2, -0.15) is 0 Å². The second kappa shape index (κ2) is 4.93. The minimum Gasteiger partial charge on any atom is -0.348 e. The molecule has 1 aliphatic rings. The van der Waals surface area contributed by atoms with E-state index in [1.54, 1.807) is 17.5 Å². The fourth-order valence-electron chi connectivity index (χ4n) is 2.08. The Labute approximate surface area is 99.3 Å². The molecular formula is C11H17N3OS. The summed E-state index contributed by atoms with van der Waals surface area (Å²) in [5.74, 6) is -0.0256. The molecule has 0 aliphatic heterocycles. The number of carbonyl (C=O) groups excluding carboxylic acids is 1. The largest absolute Gasteiger partial charge is 0.348 e. The minimum atomic E-state index is -0.643. The second-order valence-corrected chi connectivity index (χ2v) is 5.30. The van der Waals surface area contributed by atoms with Crippen molar-refractivity contribution in [2.24, 2.45) is 5.73 Å². The molecule has 1 amide bonds. The summed E-state index contributed by atoms with van der Waals surface area (Å²) < 4.78 is 0. The number of hydrogen-bond acceptors (Lipinski definition) is 4. The maximum absolute atomic E-state index is 12.0. The molecule has 1 heterocycles. The van der Waals surface area contributed by atoms with Gasteiger partial charge in [-0.15, -0.1) is 11.3 Å². The Balaban J connectivity index is 1.87. The molecule has 0 spiro atoms. The zero-order valence-corrected chi connectivity index (χ0v) is 10.1. The number of hydrogen-bond donors (Lipinski definition) is 2. The number of thiazole rings is 1. The molecule has 0 radical (unpaired) electrons. The first-order valence-electron chi connectivity index (χ1n) is 5.66. The van der Waals surface area contributed by atoms with Crippen molar-refractivity contribution >= 4 is 17.2 Å². The SMILES string of the molecule is NC1(C(=O)NCc2nccs2)CCCCC1. The molecule has 1 aromatic heterocycles. The average Bonchev–Trinajstić information content (AvgIpc) is 2.79. The van der Waals surface area contributed by atoms with E-state index in [9.17, 15) is 4.79 Å².